The first kappa shape index (κ1) is 11.8. The minimum absolute atomic E-state index is 0.261. The van der Waals surface area contributed by atoms with Crippen LogP contribution in [0, 0.1) is 0 Å². The molecule has 1 fully saturated rings. The Morgan fingerprint density at radius 2 is 2.00 bits per heavy atom. The third-order valence-corrected chi connectivity index (χ3v) is 2.57. The van der Waals surface area contributed by atoms with Gasteiger partial charge in [-0.25, -0.2) is 0 Å². The molecule has 1 aromatic rings. The zero-order valence-electron chi connectivity index (χ0n) is 8.75. The maximum Gasteiger partial charge on any atom is 0.573 e. The van der Waals surface area contributed by atoms with E-state index >= 15 is 0 Å². The van der Waals surface area contributed by atoms with Crippen LogP contribution in [0.1, 0.15) is 17.9 Å². The predicted molar refractivity (Wildman–Crippen MR) is 53.5 cm³/mol. The topological polar surface area (TPSA) is 38.3 Å². The Balaban J connectivity index is 2.30. The number of amides is 1. The van der Waals surface area contributed by atoms with Crippen molar-refractivity contribution in [2.75, 3.05) is 6.54 Å². The molecule has 0 radical (unpaired) electrons. The van der Waals surface area contributed by atoms with Gasteiger partial charge < -0.3 is 10.1 Å². The summed E-state index contributed by atoms with van der Waals surface area (Å²) in [5.74, 6) is -1.13. The lowest BCUT2D eigenvalue weighted by molar-refractivity contribution is -0.275. The van der Waals surface area contributed by atoms with Gasteiger partial charge in [0.2, 0.25) is 5.91 Å². The van der Waals surface area contributed by atoms with Crippen molar-refractivity contribution in [2.24, 2.45) is 0 Å². The Hall–Kier alpha value is -1.72. The van der Waals surface area contributed by atoms with E-state index in [1.807, 2.05) is 0 Å². The summed E-state index contributed by atoms with van der Waals surface area (Å²) in [7, 11) is 0. The number of nitrogens with one attached hydrogen (secondary N) is 1. The normalized spacial score (nSPS) is 20.2. The van der Waals surface area contributed by atoms with Gasteiger partial charge in [0, 0.05) is 12.1 Å². The van der Waals surface area contributed by atoms with Crippen LogP contribution in [0.3, 0.4) is 0 Å². The minimum Gasteiger partial charge on any atom is -0.405 e. The van der Waals surface area contributed by atoms with Gasteiger partial charge in [-0.3, -0.25) is 4.79 Å². The van der Waals surface area contributed by atoms with E-state index in [4.69, 9.17) is 0 Å². The number of hydrogen-bond acceptors (Lipinski definition) is 2. The van der Waals surface area contributed by atoms with Crippen LogP contribution in [0.25, 0.3) is 0 Å². The molecule has 1 aliphatic rings. The first-order chi connectivity index (χ1) is 7.97. The van der Waals surface area contributed by atoms with Gasteiger partial charge in [0.1, 0.15) is 5.75 Å². The van der Waals surface area contributed by atoms with Gasteiger partial charge in [-0.15, -0.1) is 13.2 Å². The fourth-order valence-electron chi connectivity index (χ4n) is 1.88. The van der Waals surface area contributed by atoms with Crippen molar-refractivity contribution in [1.29, 1.82) is 0 Å². The summed E-state index contributed by atoms with van der Waals surface area (Å²) >= 11 is 0. The van der Waals surface area contributed by atoms with E-state index < -0.39 is 12.3 Å². The Kier molecular flexibility index (Phi) is 2.95. The molecule has 3 nitrogen and oxygen atoms in total. The molecule has 1 heterocycles. The fourth-order valence-corrected chi connectivity index (χ4v) is 1.88. The SMILES string of the molecule is O=C1NCCC1c1ccccc1OC(F)(F)F. The van der Waals surface area contributed by atoms with Gasteiger partial charge in [0.25, 0.3) is 0 Å². The average Bonchev–Trinajstić information content (AvgIpc) is 2.63. The molecule has 1 unspecified atom stereocenters. The van der Waals surface area contributed by atoms with Crippen molar-refractivity contribution in [3.63, 3.8) is 0 Å². The largest absolute Gasteiger partial charge is 0.573 e. The van der Waals surface area contributed by atoms with Crippen LogP contribution in [-0.2, 0) is 4.79 Å². The lowest BCUT2D eigenvalue weighted by atomic mass is 9.97. The zero-order valence-corrected chi connectivity index (χ0v) is 8.75. The molecular weight excluding hydrogens is 235 g/mol. The van der Waals surface area contributed by atoms with Crippen LogP contribution in [0.4, 0.5) is 13.2 Å². The van der Waals surface area contributed by atoms with E-state index in [-0.39, 0.29) is 17.2 Å². The maximum absolute atomic E-state index is 12.2. The van der Waals surface area contributed by atoms with Gasteiger partial charge in [0.15, 0.2) is 0 Å². The average molecular weight is 245 g/mol. The molecule has 2 rings (SSSR count). The van der Waals surface area contributed by atoms with Crippen LogP contribution in [0.2, 0.25) is 0 Å². The van der Waals surface area contributed by atoms with Crippen LogP contribution >= 0.6 is 0 Å². The highest BCUT2D eigenvalue weighted by Crippen LogP contribution is 2.34. The van der Waals surface area contributed by atoms with Gasteiger partial charge >= 0.3 is 6.36 Å². The molecule has 92 valence electrons. The van der Waals surface area contributed by atoms with E-state index in [2.05, 4.69) is 10.1 Å². The van der Waals surface area contributed by atoms with Gasteiger partial charge in [-0.2, -0.15) is 0 Å². The number of alkyl halides is 3. The Morgan fingerprint density at radius 1 is 1.29 bits per heavy atom. The molecule has 0 spiro atoms. The summed E-state index contributed by atoms with van der Waals surface area (Å²) in [6.07, 6.45) is -4.26. The van der Waals surface area contributed by atoms with Gasteiger partial charge in [0.05, 0.1) is 5.92 Å². The Bertz CT molecular complexity index is 431. The fraction of sp³-hybridized carbons (Fsp3) is 0.364. The summed E-state index contributed by atoms with van der Waals surface area (Å²) < 4.78 is 40.5. The second kappa shape index (κ2) is 4.27. The highest BCUT2D eigenvalue weighted by atomic mass is 19.4. The van der Waals surface area contributed by atoms with E-state index in [1.54, 1.807) is 6.07 Å². The standard InChI is InChI=1S/C11H10F3NO2/c12-11(13,14)17-9-4-2-1-3-7(9)8-5-6-15-10(8)16/h1-4,8H,5-6H2,(H,15,16). The number of halogens is 3. The Morgan fingerprint density at radius 3 is 2.59 bits per heavy atom. The summed E-state index contributed by atoms with van der Waals surface area (Å²) in [5.41, 5.74) is 0.278. The summed E-state index contributed by atoms with van der Waals surface area (Å²) in [5, 5.41) is 2.58. The quantitative estimate of drug-likeness (QED) is 0.867. The number of carbonyl (C=O) groups is 1. The first-order valence-electron chi connectivity index (χ1n) is 5.10. The van der Waals surface area contributed by atoms with Gasteiger partial charge in [-0.05, 0) is 12.5 Å². The number of rotatable bonds is 2. The molecule has 1 atom stereocenters. The number of hydrogen-bond donors (Lipinski definition) is 1. The van der Waals surface area contributed by atoms with Crippen molar-refractivity contribution < 1.29 is 22.7 Å². The Labute approximate surface area is 95.6 Å². The maximum atomic E-state index is 12.2. The molecule has 1 saturated heterocycles. The van der Waals surface area contributed by atoms with Gasteiger partial charge in [-0.1, -0.05) is 18.2 Å². The third kappa shape index (κ3) is 2.69. The molecule has 1 aliphatic heterocycles. The van der Waals surface area contributed by atoms with Crippen LogP contribution in [-0.4, -0.2) is 18.8 Å². The zero-order chi connectivity index (χ0) is 12.5. The number of benzene rings is 1. The van der Waals surface area contributed by atoms with E-state index in [0.29, 0.717) is 13.0 Å². The molecule has 6 heteroatoms. The second-order valence-electron chi connectivity index (χ2n) is 3.72. The smallest absolute Gasteiger partial charge is 0.405 e. The summed E-state index contributed by atoms with van der Waals surface area (Å²) in [4.78, 5) is 11.4. The van der Waals surface area contributed by atoms with E-state index in [0.717, 1.165) is 0 Å². The predicted octanol–water partition coefficient (Wildman–Crippen LogP) is 2.19. The summed E-state index contributed by atoms with van der Waals surface area (Å²) in [6, 6.07) is 5.73. The highest BCUT2D eigenvalue weighted by Gasteiger charge is 2.35. The lowest BCUT2D eigenvalue weighted by Crippen LogP contribution is -2.21. The molecule has 1 amide bonds. The van der Waals surface area contributed by atoms with Crippen LogP contribution < -0.4 is 10.1 Å². The molecule has 0 saturated carbocycles. The van der Waals surface area contributed by atoms with Crippen LogP contribution in [0.15, 0.2) is 24.3 Å². The van der Waals surface area contributed by atoms with Crippen molar-refractivity contribution in [3.05, 3.63) is 29.8 Å². The highest BCUT2D eigenvalue weighted by molar-refractivity contribution is 5.86. The summed E-state index contributed by atoms with van der Waals surface area (Å²) in [6.45, 7) is 0.476. The molecule has 1 N–H and O–H groups in total. The first-order valence-corrected chi connectivity index (χ1v) is 5.10. The number of carbonyl (C=O) groups excluding carboxylic acids is 1. The number of para-hydroxylation sites is 1. The lowest BCUT2D eigenvalue weighted by Gasteiger charge is -2.15. The van der Waals surface area contributed by atoms with Crippen molar-refractivity contribution in [2.45, 2.75) is 18.7 Å². The molecule has 0 aromatic heterocycles. The van der Waals surface area contributed by atoms with Crippen LogP contribution in [0.5, 0.6) is 5.75 Å². The van der Waals surface area contributed by atoms with Crippen molar-refractivity contribution >= 4 is 5.91 Å². The monoisotopic (exact) mass is 245 g/mol. The molecule has 0 aliphatic carbocycles. The minimum atomic E-state index is -4.74. The van der Waals surface area contributed by atoms with Crippen molar-refractivity contribution in [3.8, 4) is 5.75 Å². The second-order valence-corrected chi connectivity index (χ2v) is 3.72. The molecular formula is C11H10F3NO2. The van der Waals surface area contributed by atoms with E-state index in [9.17, 15) is 18.0 Å². The number of ether oxygens (including phenoxy) is 1. The molecule has 17 heavy (non-hydrogen) atoms. The molecule has 0 bridgehead atoms. The third-order valence-electron chi connectivity index (χ3n) is 2.57. The molecule has 1 aromatic carbocycles. The van der Waals surface area contributed by atoms with Crippen molar-refractivity contribution in [1.82, 2.24) is 5.32 Å². The van der Waals surface area contributed by atoms with E-state index in [1.165, 1.54) is 18.2 Å².